The third-order valence-corrected chi connectivity index (χ3v) is 2.68. The van der Waals surface area contributed by atoms with E-state index in [0.717, 1.165) is 11.5 Å². The second-order valence-corrected chi connectivity index (χ2v) is 4.12. The van der Waals surface area contributed by atoms with Gasteiger partial charge in [-0.15, -0.1) is 0 Å². The molecule has 0 amide bonds. The SMILES string of the molecule is Cc1cc([C@@H]2CCCN2C)on1.O=C(O)C(=O)O. The summed E-state index contributed by atoms with van der Waals surface area (Å²) in [5.74, 6) is -2.63. The molecule has 1 aromatic heterocycles. The highest BCUT2D eigenvalue weighted by Gasteiger charge is 2.25. The molecule has 1 aliphatic heterocycles. The van der Waals surface area contributed by atoms with Gasteiger partial charge in [-0.2, -0.15) is 0 Å². The Morgan fingerprint density at radius 1 is 1.44 bits per heavy atom. The van der Waals surface area contributed by atoms with Gasteiger partial charge in [0.05, 0.1) is 11.7 Å². The van der Waals surface area contributed by atoms with Gasteiger partial charge in [0, 0.05) is 6.07 Å². The van der Waals surface area contributed by atoms with Gasteiger partial charge in [-0.05, 0) is 33.4 Å². The number of hydrogen-bond acceptors (Lipinski definition) is 5. The van der Waals surface area contributed by atoms with Crippen LogP contribution in [0.1, 0.15) is 30.3 Å². The van der Waals surface area contributed by atoms with E-state index in [2.05, 4.69) is 17.1 Å². The van der Waals surface area contributed by atoms with Crippen molar-refractivity contribution in [2.45, 2.75) is 25.8 Å². The van der Waals surface area contributed by atoms with E-state index in [4.69, 9.17) is 24.3 Å². The minimum absolute atomic E-state index is 0.464. The molecular formula is C11H16N2O5. The van der Waals surface area contributed by atoms with Gasteiger partial charge in [-0.25, -0.2) is 9.59 Å². The number of nitrogens with zero attached hydrogens (tertiary/aromatic N) is 2. The van der Waals surface area contributed by atoms with E-state index in [9.17, 15) is 0 Å². The van der Waals surface area contributed by atoms with Gasteiger partial charge in [-0.3, -0.25) is 4.90 Å². The number of rotatable bonds is 1. The predicted octanol–water partition coefficient (Wildman–Crippen LogP) is 0.905. The van der Waals surface area contributed by atoms with E-state index in [1.54, 1.807) is 0 Å². The van der Waals surface area contributed by atoms with Crippen LogP contribution in [-0.4, -0.2) is 45.8 Å². The Hall–Kier alpha value is -1.89. The fourth-order valence-corrected chi connectivity index (χ4v) is 1.81. The summed E-state index contributed by atoms with van der Waals surface area (Å²) in [4.78, 5) is 20.5. The average molecular weight is 256 g/mol. The molecule has 2 rings (SSSR count). The van der Waals surface area contributed by atoms with Gasteiger partial charge < -0.3 is 14.7 Å². The normalized spacial score (nSPS) is 19.1. The van der Waals surface area contributed by atoms with E-state index in [0.29, 0.717) is 6.04 Å². The monoisotopic (exact) mass is 256 g/mol. The maximum atomic E-state index is 9.10. The topological polar surface area (TPSA) is 104 Å². The predicted molar refractivity (Wildman–Crippen MR) is 61.1 cm³/mol. The maximum Gasteiger partial charge on any atom is 0.414 e. The molecule has 0 bridgehead atoms. The van der Waals surface area contributed by atoms with Crippen LogP contribution in [0.4, 0.5) is 0 Å². The molecule has 7 nitrogen and oxygen atoms in total. The largest absolute Gasteiger partial charge is 0.473 e. The van der Waals surface area contributed by atoms with Crippen LogP contribution < -0.4 is 0 Å². The minimum Gasteiger partial charge on any atom is -0.473 e. The first kappa shape index (κ1) is 14.2. The van der Waals surface area contributed by atoms with Crippen LogP contribution in [-0.2, 0) is 9.59 Å². The van der Waals surface area contributed by atoms with Crippen LogP contribution in [0.2, 0.25) is 0 Å². The van der Waals surface area contributed by atoms with Crippen LogP contribution >= 0.6 is 0 Å². The van der Waals surface area contributed by atoms with Crippen molar-refractivity contribution in [1.82, 2.24) is 10.1 Å². The van der Waals surface area contributed by atoms with Gasteiger partial charge in [0.2, 0.25) is 0 Å². The Balaban J connectivity index is 0.000000232. The number of carbonyl (C=O) groups is 2. The number of hydrogen-bond donors (Lipinski definition) is 2. The molecule has 1 atom stereocenters. The fraction of sp³-hybridized carbons (Fsp3) is 0.545. The number of carboxylic acids is 2. The molecule has 2 heterocycles. The van der Waals surface area contributed by atoms with E-state index in [1.165, 1.54) is 19.4 Å². The molecule has 18 heavy (non-hydrogen) atoms. The Morgan fingerprint density at radius 2 is 2.06 bits per heavy atom. The molecular weight excluding hydrogens is 240 g/mol. The molecule has 0 spiro atoms. The van der Waals surface area contributed by atoms with Gasteiger partial charge in [0.1, 0.15) is 0 Å². The standard InChI is InChI=1S/C9H14N2O.C2H2O4/c1-7-6-9(12-10-7)8-4-3-5-11(8)2;3-1(4)2(5)6/h6,8H,3-5H2,1-2H3;(H,3,4)(H,5,6)/t8-;/m0./s1. The van der Waals surface area contributed by atoms with Crippen LogP contribution in [0.5, 0.6) is 0 Å². The number of carboxylic acid groups (broad SMARTS) is 2. The van der Waals surface area contributed by atoms with Crippen molar-refractivity contribution in [2.75, 3.05) is 13.6 Å². The second-order valence-electron chi connectivity index (χ2n) is 4.12. The van der Waals surface area contributed by atoms with Gasteiger partial charge >= 0.3 is 11.9 Å². The number of aliphatic carboxylic acids is 2. The average Bonchev–Trinajstić information content (AvgIpc) is 2.87. The number of likely N-dealkylation sites (tertiary alicyclic amines) is 1. The summed E-state index contributed by atoms with van der Waals surface area (Å²) in [6, 6.07) is 2.50. The van der Waals surface area contributed by atoms with Crippen LogP contribution in [0.3, 0.4) is 0 Å². The molecule has 0 saturated carbocycles. The Bertz CT molecular complexity index is 417. The van der Waals surface area contributed by atoms with Crippen molar-refractivity contribution in [3.8, 4) is 0 Å². The summed E-state index contributed by atoms with van der Waals surface area (Å²) in [7, 11) is 2.13. The molecule has 1 aromatic rings. The van der Waals surface area contributed by atoms with Crippen molar-refractivity contribution < 1.29 is 24.3 Å². The van der Waals surface area contributed by atoms with E-state index in [-0.39, 0.29) is 0 Å². The quantitative estimate of drug-likeness (QED) is 0.719. The van der Waals surface area contributed by atoms with Crippen LogP contribution in [0.15, 0.2) is 10.6 Å². The van der Waals surface area contributed by atoms with Crippen molar-refractivity contribution in [3.63, 3.8) is 0 Å². The first-order valence-corrected chi connectivity index (χ1v) is 5.51. The lowest BCUT2D eigenvalue weighted by atomic mass is 10.1. The molecule has 2 N–H and O–H groups in total. The molecule has 0 aliphatic carbocycles. The van der Waals surface area contributed by atoms with Crippen molar-refractivity contribution in [3.05, 3.63) is 17.5 Å². The summed E-state index contributed by atoms with van der Waals surface area (Å²) in [6.07, 6.45) is 2.46. The maximum absolute atomic E-state index is 9.10. The highest BCUT2D eigenvalue weighted by molar-refractivity contribution is 6.27. The molecule has 0 radical (unpaired) electrons. The summed E-state index contributed by atoms with van der Waals surface area (Å²) >= 11 is 0. The molecule has 1 aliphatic rings. The van der Waals surface area contributed by atoms with Crippen LogP contribution in [0, 0.1) is 6.92 Å². The van der Waals surface area contributed by atoms with Gasteiger partial charge in [-0.1, -0.05) is 5.16 Å². The van der Waals surface area contributed by atoms with Crippen LogP contribution in [0.25, 0.3) is 0 Å². The lowest BCUT2D eigenvalue weighted by Crippen LogP contribution is -2.16. The highest BCUT2D eigenvalue weighted by Crippen LogP contribution is 2.30. The Morgan fingerprint density at radius 3 is 2.39 bits per heavy atom. The van der Waals surface area contributed by atoms with Crippen molar-refractivity contribution in [1.29, 1.82) is 0 Å². The smallest absolute Gasteiger partial charge is 0.414 e. The molecule has 0 unspecified atom stereocenters. The third kappa shape index (κ3) is 3.85. The molecule has 1 saturated heterocycles. The number of aromatic nitrogens is 1. The lowest BCUT2D eigenvalue weighted by molar-refractivity contribution is -0.159. The first-order chi connectivity index (χ1) is 8.41. The summed E-state index contributed by atoms with van der Waals surface area (Å²) < 4.78 is 5.23. The van der Waals surface area contributed by atoms with E-state index in [1.807, 2.05) is 13.0 Å². The van der Waals surface area contributed by atoms with E-state index >= 15 is 0 Å². The fourth-order valence-electron chi connectivity index (χ4n) is 1.81. The van der Waals surface area contributed by atoms with E-state index < -0.39 is 11.9 Å². The zero-order valence-electron chi connectivity index (χ0n) is 10.3. The second kappa shape index (κ2) is 6.15. The first-order valence-electron chi connectivity index (χ1n) is 5.51. The zero-order chi connectivity index (χ0) is 13.7. The zero-order valence-corrected chi connectivity index (χ0v) is 10.3. The Kier molecular flexibility index (Phi) is 4.85. The van der Waals surface area contributed by atoms with Crippen molar-refractivity contribution >= 4 is 11.9 Å². The summed E-state index contributed by atoms with van der Waals surface area (Å²) in [5, 5.41) is 18.7. The molecule has 1 fully saturated rings. The highest BCUT2D eigenvalue weighted by atomic mass is 16.5. The van der Waals surface area contributed by atoms with Crippen molar-refractivity contribution in [2.24, 2.45) is 0 Å². The number of aryl methyl sites for hydroxylation is 1. The molecule has 100 valence electrons. The third-order valence-electron chi connectivity index (χ3n) is 2.68. The Labute approximate surface area is 104 Å². The van der Waals surface area contributed by atoms with Gasteiger partial charge in [0.25, 0.3) is 0 Å². The molecule has 0 aromatic carbocycles. The lowest BCUT2D eigenvalue weighted by Gasteiger charge is -2.15. The summed E-state index contributed by atoms with van der Waals surface area (Å²) in [6.45, 7) is 3.13. The molecule has 7 heteroatoms. The summed E-state index contributed by atoms with van der Waals surface area (Å²) in [5.41, 5.74) is 0.977. The minimum atomic E-state index is -1.82. The van der Waals surface area contributed by atoms with Gasteiger partial charge in [0.15, 0.2) is 5.76 Å².